The van der Waals surface area contributed by atoms with E-state index in [1.807, 2.05) is 4.57 Å². The molecule has 2 aromatic carbocycles. The zero-order chi connectivity index (χ0) is 28.2. The molecule has 5 nitrogen and oxygen atoms in total. The quantitative estimate of drug-likeness (QED) is 0.134. The van der Waals surface area contributed by atoms with Crippen LogP contribution in [0.2, 0.25) is 0 Å². The minimum Gasteiger partial charge on any atom is -0.342 e. The summed E-state index contributed by atoms with van der Waals surface area (Å²) in [5.41, 5.74) is 0.313. The van der Waals surface area contributed by atoms with E-state index in [1.165, 1.54) is 34.8 Å². The molecule has 0 N–H and O–H groups in total. The van der Waals surface area contributed by atoms with Gasteiger partial charge in [0.2, 0.25) is 23.1 Å². The molecule has 0 saturated carbocycles. The second kappa shape index (κ2) is 8.26. The highest BCUT2D eigenvalue weighted by molar-refractivity contribution is 7.28. The van der Waals surface area contributed by atoms with Gasteiger partial charge in [0, 0.05) is 51.2 Å². The van der Waals surface area contributed by atoms with Gasteiger partial charge in [-0.05, 0) is 36.4 Å². The number of carbonyl (C=O) groups is 4. The molecule has 196 valence electrons. The number of aromatic nitrogens is 1. The summed E-state index contributed by atoms with van der Waals surface area (Å²) in [7, 11) is 1.80. The molecule has 0 fully saturated rings. The molecule has 3 aromatic heterocycles. The molecule has 0 aliphatic heterocycles. The van der Waals surface area contributed by atoms with E-state index in [1.54, 1.807) is 19.2 Å². The molecule has 5 aromatic rings. The predicted octanol–water partition coefficient (Wildman–Crippen LogP) is 6.62. The number of Topliss-reactive ketones (excluding diaryl/α,β-unsaturated/α-hetero) is 4. The Morgan fingerprint density at radius 2 is 1.00 bits per heavy atom. The molecule has 7 rings (SSSR count). The van der Waals surface area contributed by atoms with Gasteiger partial charge in [-0.1, -0.05) is 0 Å². The maximum Gasteiger partial charge on any atom is 0.237 e. The molecule has 0 bridgehead atoms. The normalized spacial score (nSPS) is 16.9. The summed E-state index contributed by atoms with van der Waals surface area (Å²) in [5.74, 6) is -7.89. The van der Waals surface area contributed by atoms with Crippen molar-refractivity contribution in [2.45, 2.75) is 0 Å². The molecule has 0 spiro atoms. The average molecular weight is 578 g/mol. The maximum absolute atomic E-state index is 14.2. The highest BCUT2D eigenvalue weighted by atomic mass is 32.1. The lowest BCUT2D eigenvalue weighted by atomic mass is 10.1. The van der Waals surface area contributed by atoms with Crippen molar-refractivity contribution >= 4 is 89.5 Å². The van der Waals surface area contributed by atoms with Crippen LogP contribution in [-0.2, 0) is 16.6 Å². The average Bonchev–Trinajstić information content (AvgIpc) is 3.65. The Morgan fingerprint density at radius 3 is 1.40 bits per heavy atom. The van der Waals surface area contributed by atoms with E-state index in [9.17, 15) is 36.7 Å². The summed E-state index contributed by atoms with van der Waals surface area (Å²) in [6, 6.07) is 6.61. The number of hydrogen-bond acceptors (Lipinski definition) is 6. The standard InChI is InChI=1S/C29H11F4NO4S2/c1-34-20-8-12(6-16-14-2-10(30)4-18(32)22(14)26(37)24(16)35)39-28(20)29-21(34)9-13(40-29)7-17-15-3-11(31)5-19(33)23(15)27(38)25(17)36/h2-9H,1H3/b16-6-,17-7-. The second-order valence-corrected chi connectivity index (χ2v) is 11.5. The van der Waals surface area contributed by atoms with Crippen molar-refractivity contribution in [3.05, 3.63) is 91.7 Å². The van der Waals surface area contributed by atoms with Gasteiger partial charge in [0.25, 0.3) is 0 Å². The van der Waals surface area contributed by atoms with Crippen LogP contribution in [0.1, 0.15) is 41.6 Å². The smallest absolute Gasteiger partial charge is 0.237 e. The van der Waals surface area contributed by atoms with E-state index in [0.29, 0.717) is 21.9 Å². The Kier molecular flexibility index (Phi) is 5.07. The number of hydrogen-bond donors (Lipinski definition) is 0. The summed E-state index contributed by atoms with van der Waals surface area (Å²) < 4.78 is 59.7. The summed E-state index contributed by atoms with van der Waals surface area (Å²) in [6.45, 7) is 0. The van der Waals surface area contributed by atoms with Gasteiger partial charge in [-0.15, -0.1) is 22.7 Å². The summed E-state index contributed by atoms with van der Waals surface area (Å²) in [6.07, 6.45) is 2.86. The van der Waals surface area contributed by atoms with Crippen LogP contribution in [0.25, 0.3) is 43.7 Å². The van der Waals surface area contributed by atoms with Crippen molar-refractivity contribution in [3.8, 4) is 0 Å². The van der Waals surface area contributed by atoms with Crippen molar-refractivity contribution in [1.29, 1.82) is 0 Å². The van der Waals surface area contributed by atoms with E-state index in [-0.39, 0.29) is 22.3 Å². The minimum atomic E-state index is -1.09. The lowest BCUT2D eigenvalue weighted by Crippen LogP contribution is -2.07. The fourth-order valence-electron chi connectivity index (χ4n) is 5.22. The van der Waals surface area contributed by atoms with Gasteiger partial charge in [-0.2, -0.15) is 0 Å². The van der Waals surface area contributed by atoms with Gasteiger partial charge in [0.1, 0.15) is 23.3 Å². The first-order chi connectivity index (χ1) is 19.0. The molecular weight excluding hydrogens is 566 g/mol. The molecule has 2 aliphatic rings. The molecule has 0 atom stereocenters. The van der Waals surface area contributed by atoms with Crippen molar-refractivity contribution in [1.82, 2.24) is 4.57 Å². The topological polar surface area (TPSA) is 73.2 Å². The first-order valence-electron chi connectivity index (χ1n) is 11.7. The van der Waals surface area contributed by atoms with Gasteiger partial charge < -0.3 is 4.57 Å². The number of halogens is 4. The van der Waals surface area contributed by atoms with Crippen LogP contribution < -0.4 is 0 Å². The fraction of sp³-hybridized carbons (Fsp3) is 0.0345. The molecule has 3 heterocycles. The minimum absolute atomic E-state index is 0.0935. The van der Waals surface area contributed by atoms with Crippen LogP contribution in [0, 0.1) is 23.3 Å². The van der Waals surface area contributed by atoms with Gasteiger partial charge in [-0.25, -0.2) is 17.6 Å². The van der Waals surface area contributed by atoms with Gasteiger partial charge in [-0.3, -0.25) is 19.2 Å². The van der Waals surface area contributed by atoms with Gasteiger partial charge in [0.15, 0.2) is 0 Å². The summed E-state index contributed by atoms with van der Waals surface area (Å²) in [4.78, 5) is 51.0. The van der Waals surface area contributed by atoms with Crippen LogP contribution in [0.3, 0.4) is 0 Å². The van der Waals surface area contributed by atoms with Crippen molar-refractivity contribution in [2.75, 3.05) is 0 Å². The van der Waals surface area contributed by atoms with E-state index in [4.69, 9.17) is 0 Å². The highest BCUT2D eigenvalue weighted by Crippen LogP contribution is 2.43. The van der Waals surface area contributed by atoms with E-state index >= 15 is 0 Å². The number of nitrogens with zero attached hydrogens (tertiary/aromatic N) is 1. The molecular formula is C29H11F4NO4S2. The first kappa shape index (κ1) is 24.6. The predicted molar refractivity (Wildman–Crippen MR) is 143 cm³/mol. The Morgan fingerprint density at radius 1 is 0.600 bits per heavy atom. The number of ketones is 4. The van der Waals surface area contributed by atoms with Crippen LogP contribution in [0.5, 0.6) is 0 Å². The maximum atomic E-state index is 14.2. The number of rotatable bonds is 2. The molecule has 0 amide bonds. The molecule has 2 aliphatic carbocycles. The third-order valence-electron chi connectivity index (χ3n) is 7.01. The summed E-state index contributed by atoms with van der Waals surface area (Å²) >= 11 is 2.58. The van der Waals surface area contributed by atoms with Gasteiger partial charge >= 0.3 is 0 Å². The lowest BCUT2D eigenvalue weighted by molar-refractivity contribution is -0.110. The number of fused-ring (bicyclic) bond motifs is 5. The lowest BCUT2D eigenvalue weighted by Gasteiger charge is -2.00. The van der Waals surface area contributed by atoms with Crippen LogP contribution in [0.4, 0.5) is 17.6 Å². The monoisotopic (exact) mass is 577 g/mol. The Hall–Kier alpha value is -4.48. The second-order valence-electron chi connectivity index (χ2n) is 9.34. The molecule has 40 heavy (non-hydrogen) atoms. The number of benzene rings is 2. The summed E-state index contributed by atoms with van der Waals surface area (Å²) in [5, 5.41) is 0. The molecule has 0 radical (unpaired) electrons. The number of aryl methyl sites for hydroxylation is 1. The van der Waals surface area contributed by atoms with Crippen LogP contribution in [0.15, 0.2) is 36.4 Å². The van der Waals surface area contributed by atoms with E-state index in [0.717, 1.165) is 32.6 Å². The van der Waals surface area contributed by atoms with Crippen molar-refractivity contribution in [3.63, 3.8) is 0 Å². The number of thiophene rings is 2. The molecule has 11 heteroatoms. The number of allylic oxidation sites excluding steroid dienone is 2. The third-order valence-corrected chi connectivity index (χ3v) is 9.32. The molecule has 0 unspecified atom stereocenters. The Labute approximate surface area is 229 Å². The van der Waals surface area contributed by atoms with E-state index in [2.05, 4.69) is 0 Å². The van der Waals surface area contributed by atoms with Crippen LogP contribution >= 0.6 is 22.7 Å². The third kappa shape index (κ3) is 3.31. The highest BCUT2D eigenvalue weighted by Gasteiger charge is 2.38. The largest absolute Gasteiger partial charge is 0.342 e. The zero-order valence-electron chi connectivity index (χ0n) is 20.0. The fourth-order valence-corrected chi connectivity index (χ4v) is 7.63. The van der Waals surface area contributed by atoms with E-state index < -0.39 is 57.5 Å². The number of carbonyl (C=O) groups excluding carboxylic acids is 4. The van der Waals surface area contributed by atoms with Gasteiger partial charge in [0.05, 0.1) is 31.6 Å². The van der Waals surface area contributed by atoms with Crippen molar-refractivity contribution in [2.24, 2.45) is 7.05 Å². The Bertz CT molecular complexity index is 1990. The van der Waals surface area contributed by atoms with Crippen molar-refractivity contribution < 1.29 is 36.7 Å². The van der Waals surface area contributed by atoms with Crippen LogP contribution in [-0.4, -0.2) is 27.7 Å². The Balaban J connectivity index is 1.34. The SMILES string of the molecule is Cn1c2cc(/C=C3\C(=O)C(=O)c4c(F)cc(F)cc43)sc2c2sc(/C=C3\C(=O)C(=O)c4c(F)cc(F)cc43)cc21. The molecule has 0 saturated heterocycles. The zero-order valence-corrected chi connectivity index (χ0v) is 21.7. The first-order valence-corrected chi connectivity index (χ1v) is 13.3.